The zero-order valence-corrected chi connectivity index (χ0v) is 15.4. The van der Waals surface area contributed by atoms with E-state index in [4.69, 9.17) is 9.47 Å². The number of Topliss-reactive ketones (excluding diaryl/α,β-unsaturated/α-hetero) is 1. The van der Waals surface area contributed by atoms with Gasteiger partial charge < -0.3 is 19.5 Å². The van der Waals surface area contributed by atoms with Gasteiger partial charge in [-0.15, -0.1) is 0 Å². The maximum absolute atomic E-state index is 11.9. The molecule has 0 bridgehead atoms. The number of anilines is 1. The second-order valence-corrected chi connectivity index (χ2v) is 5.62. The Bertz CT molecular complexity index is 874. The third kappa shape index (κ3) is 5.94. The Morgan fingerprint density at radius 3 is 2.25 bits per heavy atom. The Morgan fingerprint density at radius 1 is 0.929 bits per heavy atom. The number of carbonyl (C=O) groups excluding carboxylic acids is 4. The lowest BCUT2D eigenvalue weighted by atomic mass is 10.1. The fourth-order valence-corrected chi connectivity index (χ4v) is 2.18. The molecule has 2 aromatic rings. The molecule has 8 heteroatoms. The van der Waals surface area contributed by atoms with Crippen LogP contribution in [0.4, 0.5) is 5.69 Å². The van der Waals surface area contributed by atoms with Crippen molar-refractivity contribution >= 4 is 29.3 Å². The van der Waals surface area contributed by atoms with Crippen molar-refractivity contribution < 1.29 is 33.4 Å². The van der Waals surface area contributed by atoms with E-state index in [0.717, 1.165) is 0 Å². The van der Waals surface area contributed by atoms with Crippen LogP contribution in [0.2, 0.25) is 0 Å². The summed E-state index contributed by atoms with van der Waals surface area (Å²) in [7, 11) is 1.23. The monoisotopic (exact) mass is 385 g/mol. The molecular weight excluding hydrogens is 366 g/mol. The number of hydrogen-bond acceptors (Lipinski definition) is 7. The number of ketones is 1. The number of esters is 2. The van der Waals surface area contributed by atoms with Crippen molar-refractivity contribution in [1.29, 1.82) is 0 Å². The molecular formula is C20H19NO7. The van der Waals surface area contributed by atoms with E-state index in [9.17, 15) is 19.2 Å². The summed E-state index contributed by atoms with van der Waals surface area (Å²) in [5.41, 5.74) is 0.957. The number of methoxy groups -OCH3 is 1. The zero-order chi connectivity index (χ0) is 20.5. The molecule has 0 aliphatic rings. The molecule has 1 amide bonds. The van der Waals surface area contributed by atoms with E-state index in [0.29, 0.717) is 11.3 Å². The normalized spacial score (nSPS) is 9.93. The lowest BCUT2D eigenvalue weighted by Crippen LogP contribution is -2.24. The Morgan fingerprint density at radius 2 is 1.61 bits per heavy atom. The molecule has 0 heterocycles. The summed E-state index contributed by atoms with van der Waals surface area (Å²) in [4.78, 5) is 46.5. The number of benzene rings is 2. The number of rotatable bonds is 8. The second kappa shape index (κ2) is 9.86. The second-order valence-electron chi connectivity index (χ2n) is 5.62. The van der Waals surface area contributed by atoms with Gasteiger partial charge in [0.2, 0.25) is 0 Å². The molecule has 146 valence electrons. The molecule has 0 spiro atoms. The Balaban J connectivity index is 1.80. The van der Waals surface area contributed by atoms with Crippen molar-refractivity contribution in [2.75, 3.05) is 25.6 Å². The fourth-order valence-electron chi connectivity index (χ4n) is 2.18. The molecule has 0 atom stereocenters. The van der Waals surface area contributed by atoms with Crippen molar-refractivity contribution in [3.8, 4) is 5.75 Å². The first-order valence-electron chi connectivity index (χ1n) is 8.27. The maximum atomic E-state index is 11.9. The molecule has 0 aromatic heterocycles. The van der Waals surface area contributed by atoms with E-state index in [1.807, 2.05) is 0 Å². The van der Waals surface area contributed by atoms with E-state index in [-0.39, 0.29) is 17.0 Å². The zero-order valence-electron chi connectivity index (χ0n) is 15.4. The first-order valence-corrected chi connectivity index (χ1v) is 8.27. The quantitative estimate of drug-likeness (QED) is 0.548. The molecule has 2 rings (SSSR count). The first-order chi connectivity index (χ1) is 13.4. The standard InChI is InChI=1S/C20H19NO7/c1-13(22)14-7-9-15(10-8-14)27-12-19(24)28-11-18(23)21-17-6-4-3-5-16(17)20(25)26-2/h3-10H,11-12H2,1-2H3,(H,21,23). The summed E-state index contributed by atoms with van der Waals surface area (Å²) in [6.45, 7) is 0.508. The minimum absolute atomic E-state index is 0.0780. The highest BCUT2D eigenvalue weighted by Gasteiger charge is 2.14. The molecule has 0 fully saturated rings. The van der Waals surface area contributed by atoms with Gasteiger partial charge in [0.05, 0.1) is 18.4 Å². The average molecular weight is 385 g/mol. The molecule has 0 saturated heterocycles. The van der Waals surface area contributed by atoms with Crippen LogP contribution in [0.1, 0.15) is 27.6 Å². The highest BCUT2D eigenvalue weighted by Crippen LogP contribution is 2.16. The highest BCUT2D eigenvalue weighted by molar-refractivity contribution is 6.01. The van der Waals surface area contributed by atoms with Gasteiger partial charge in [0.15, 0.2) is 19.0 Å². The highest BCUT2D eigenvalue weighted by atomic mass is 16.6. The number of para-hydroxylation sites is 1. The van der Waals surface area contributed by atoms with Crippen LogP contribution in [0.3, 0.4) is 0 Å². The topological polar surface area (TPSA) is 108 Å². The van der Waals surface area contributed by atoms with E-state index < -0.39 is 31.1 Å². The molecule has 1 N–H and O–H groups in total. The molecule has 0 unspecified atom stereocenters. The van der Waals surface area contributed by atoms with E-state index in [1.165, 1.54) is 26.2 Å². The summed E-state index contributed by atoms with van der Waals surface area (Å²) in [5.74, 6) is -1.65. The average Bonchev–Trinajstić information content (AvgIpc) is 2.70. The van der Waals surface area contributed by atoms with Gasteiger partial charge in [0.1, 0.15) is 5.75 Å². The smallest absolute Gasteiger partial charge is 0.344 e. The van der Waals surface area contributed by atoms with Crippen LogP contribution < -0.4 is 10.1 Å². The maximum Gasteiger partial charge on any atom is 0.344 e. The number of hydrogen-bond donors (Lipinski definition) is 1. The van der Waals surface area contributed by atoms with Gasteiger partial charge in [0.25, 0.3) is 5.91 Å². The SMILES string of the molecule is COC(=O)c1ccccc1NC(=O)COC(=O)COc1ccc(C(C)=O)cc1. The van der Waals surface area contributed by atoms with Crippen molar-refractivity contribution in [2.24, 2.45) is 0 Å². The lowest BCUT2D eigenvalue weighted by Gasteiger charge is -2.10. The van der Waals surface area contributed by atoms with E-state index >= 15 is 0 Å². The van der Waals surface area contributed by atoms with Crippen molar-refractivity contribution in [3.05, 3.63) is 59.7 Å². The summed E-state index contributed by atoms with van der Waals surface area (Å²) in [6.07, 6.45) is 0. The predicted octanol–water partition coefficient (Wildman–Crippen LogP) is 2.24. The van der Waals surface area contributed by atoms with Crippen LogP contribution in [0.15, 0.2) is 48.5 Å². The van der Waals surface area contributed by atoms with Crippen LogP contribution in [0.5, 0.6) is 5.75 Å². The largest absolute Gasteiger partial charge is 0.482 e. The van der Waals surface area contributed by atoms with Gasteiger partial charge in [-0.05, 0) is 43.3 Å². The van der Waals surface area contributed by atoms with Crippen molar-refractivity contribution in [3.63, 3.8) is 0 Å². The summed E-state index contributed by atoms with van der Waals surface area (Å²) >= 11 is 0. The van der Waals surface area contributed by atoms with Crippen LogP contribution in [0.25, 0.3) is 0 Å². The minimum Gasteiger partial charge on any atom is -0.482 e. The Hall–Kier alpha value is -3.68. The third-order valence-electron chi connectivity index (χ3n) is 3.59. The molecule has 8 nitrogen and oxygen atoms in total. The first kappa shape index (κ1) is 20.6. The summed E-state index contributed by atoms with van der Waals surface area (Å²) in [6, 6.07) is 12.6. The molecule has 0 saturated carbocycles. The molecule has 0 aliphatic carbocycles. The van der Waals surface area contributed by atoms with Crippen molar-refractivity contribution in [1.82, 2.24) is 0 Å². The number of ether oxygens (including phenoxy) is 3. The van der Waals surface area contributed by atoms with Crippen molar-refractivity contribution in [2.45, 2.75) is 6.92 Å². The van der Waals surface area contributed by atoms with Gasteiger partial charge in [-0.1, -0.05) is 12.1 Å². The lowest BCUT2D eigenvalue weighted by molar-refractivity contribution is -0.149. The van der Waals surface area contributed by atoms with Gasteiger partial charge in [-0.3, -0.25) is 9.59 Å². The number of amides is 1. The molecule has 2 aromatic carbocycles. The van der Waals surface area contributed by atoms with Gasteiger partial charge >= 0.3 is 11.9 Å². The predicted molar refractivity (Wildman–Crippen MR) is 99.3 cm³/mol. The van der Waals surface area contributed by atoms with Crippen LogP contribution in [0, 0.1) is 0 Å². The Kier molecular flexibility index (Phi) is 7.27. The third-order valence-corrected chi connectivity index (χ3v) is 3.59. The molecule has 28 heavy (non-hydrogen) atoms. The molecule has 0 aliphatic heterocycles. The Labute approximate surface area is 161 Å². The van der Waals surface area contributed by atoms with Gasteiger partial charge in [0, 0.05) is 5.56 Å². The number of nitrogens with one attached hydrogen (secondary N) is 1. The van der Waals surface area contributed by atoms with Crippen LogP contribution in [-0.2, 0) is 19.1 Å². The van der Waals surface area contributed by atoms with Gasteiger partial charge in [-0.25, -0.2) is 9.59 Å². The summed E-state index contributed by atoms with van der Waals surface area (Å²) < 4.78 is 14.7. The van der Waals surface area contributed by atoms with E-state index in [2.05, 4.69) is 10.1 Å². The molecule has 0 radical (unpaired) electrons. The summed E-state index contributed by atoms with van der Waals surface area (Å²) in [5, 5.41) is 2.48. The van der Waals surface area contributed by atoms with E-state index in [1.54, 1.807) is 36.4 Å². The van der Waals surface area contributed by atoms with Crippen LogP contribution >= 0.6 is 0 Å². The van der Waals surface area contributed by atoms with Crippen LogP contribution in [-0.4, -0.2) is 44.0 Å². The fraction of sp³-hybridized carbons (Fsp3) is 0.200. The minimum atomic E-state index is -0.743. The van der Waals surface area contributed by atoms with Gasteiger partial charge in [-0.2, -0.15) is 0 Å². The number of carbonyl (C=O) groups is 4.